The molecule has 0 aliphatic heterocycles. The van der Waals surface area contributed by atoms with Crippen molar-refractivity contribution in [1.82, 2.24) is 15.2 Å². The lowest BCUT2D eigenvalue weighted by Crippen LogP contribution is -2.38. The zero-order valence-electron chi connectivity index (χ0n) is 15.9. The molecule has 0 unspecified atom stereocenters. The van der Waals surface area contributed by atoms with Crippen molar-refractivity contribution >= 4 is 5.96 Å². The number of rotatable bonds is 7. The SMILES string of the molecule is CN=C(NCc1ccc(OC)nc1)N(C)Cc1ccc(OC)cc1OC. The second kappa shape index (κ2) is 9.50. The summed E-state index contributed by atoms with van der Waals surface area (Å²) in [5.41, 5.74) is 2.09. The maximum absolute atomic E-state index is 5.47. The first-order valence-corrected chi connectivity index (χ1v) is 8.22. The Bertz CT molecular complexity index is 732. The van der Waals surface area contributed by atoms with Crippen LogP contribution in [0.2, 0.25) is 0 Å². The van der Waals surface area contributed by atoms with Crippen LogP contribution in [0.3, 0.4) is 0 Å². The Morgan fingerprint density at radius 1 is 1.12 bits per heavy atom. The third-order valence-corrected chi connectivity index (χ3v) is 3.93. The van der Waals surface area contributed by atoms with Gasteiger partial charge in [0.25, 0.3) is 0 Å². The molecule has 1 aromatic heterocycles. The average Bonchev–Trinajstić information content (AvgIpc) is 2.69. The van der Waals surface area contributed by atoms with Crippen LogP contribution in [0.4, 0.5) is 0 Å². The molecule has 1 N–H and O–H groups in total. The normalized spacial score (nSPS) is 11.0. The van der Waals surface area contributed by atoms with E-state index in [0.717, 1.165) is 28.6 Å². The number of nitrogens with one attached hydrogen (secondary N) is 1. The van der Waals surface area contributed by atoms with Gasteiger partial charge in [-0.3, -0.25) is 4.99 Å². The highest BCUT2D eigenvalue weighted by molar-refractivity contribution is 5.79. The van der Waals surface area contributed by atoms with E-state index in [1.54, 1.807) is 34.6 Å². The summed E-state index contributed by atoms with van der Waals surface area (Å²) in [6.07, 6.45) is 1.78. The molecule has 0 bridgehead atoms. The van der Waals surface area contributed by atoms with E-state index >= 15 is 0 Å². The summed E-state index contributed by atoms with van der Waals surface area (Å²) in [4.78, 5) is 10.6. The third kappa shape index (κ3) is 5.02. The predicted molar refractivity (Wildman–Crippen MR) is 102 cm³/mol. The van der Waals surface area contributed by atoms with E-state index in [9.17, 15) is 0 Å². The fourth-order valence-electron chi connectivity index (χ4n) is 2.51. The Morgan fingerprint density at radius 3 is 2.50 bits per heavy atom. The second-order valence-electron chi connectivity index (χ2n) is 5.64. The molecular weight excluding hydrogens is 332 g/mol. The summed E-state index contributed by atoms with van der Waals surface area (Å²) in [5, 5.41) is 3.33. The van der Waals surface area contributed by atoms with Crippen LogP contribution in [0, 0.1) is 0 Å². The van der Waals surface area contributed by atoms with Gasteiger partial charge in [-0.25, -0.2) is 4.98 Å². The number of pyridine rings is 1. The van der Waals surface area contributed by atoms with Crippen LogP contribution in [0.25, 0.3) is 0 Å². The predicted octanol–water partition coefficient (Wildman–Crippen LogP) is 2.31. The fraction of sp³-hybridized carbons (Fsp3) is 0.368. The second-order valence-corrected chi connectivity index (χ2v) is 5.64. The number of benzene rings is 1. The van der Waals surface area contributed by atoms with Crippen molar-refractivity contribution in [1.29, 1.82) is 0 Å². The number of aliphatic imine (C=N–C) groups is 1. The molecule has 0 fully saturated rings. The number of hydrogen-bond acceptors (Lipinski definition) is 5. The first kappa shape index (κ1) is 19.4. The van der Waals surface area contributed by atoms with E-state index in [0.29, 0.717) is 19.0 Å². The van der Waals surface area contributed by atoms with E-state index in [2.05, 4.69) is 15.3 Å². The van der Waals surface area contributed by atoms with Gasteiger partial charge >= 0.3 is 0 Å². The van der Waals surface area contributed by atoms with E-state index in [-0.39, 0.29) is 0 Å². The largest absolute Gasteiger partial charge is 0.497 e. The highest BCUT2D eigenvalue weighted by Crippen LogP contribution is 2.25. The monoisotopic (exact) mass is 358 g/mol. The quantitative estimate of drug-likeness (QED) is 0.605. The van der Waals surface area contributed by atoms with Gasteiger partial charge in [0.2, 0.25) is 5.88 Å². The van der Waals surface area contributed by atoms with Crippen molar-refractivity contribution in [2.45, 2.75) is 13.1 Å². The molecular formula is C19H26N4O3. The molecule has 0 aliphatic carbocycles. The summed E-state index contributed by atoms with van der Waals surface area (Å²) in [7, 11) is 8.63. The topological polar surface area (TPSA) is 68.2 Å². The minimum absolute atomic E-state index is 0.599. The van der Waals surface area contributed by atoms with Gasteiger partial charge in [-0.15, -0.1) is 0 Å². The first-order valence-electron chi connectivity index (χ1n) is 8.22. The van der Waals surface area contributed by atoms with Crippen LogP contribution in [-0.4, -0.2) is 51.3 Å². The Labute approximate surface area is 154 Å². The number of ether oxygens (including phenoxy) is 3. The third-order valence-electron chi connectivity index (χ3n) is 3.93. The maximum Gasteiger partial charge on any atom is 0.212 e. The summed E-state index contributed by atoms with van der Waals surface area (Å²) >= 11 is 0. The molecule has 140 valence electrons. The summed E-state index contributed by atoms with van der Waals surface area (Å²) in [5.74, 6) is 2.93. The lowest BCUT2D eigenvalue weighted by molar-refractivity contribution is 0.382. The summed E-state index contributed by atoms with van der Waals surface area (Å²) < 4.78 is 15.8. The van der Waals surface area contributed by atoms with E-state index in [1.807, 2.05) is 42.3 Å². The standard InChI is InChI=1S/C19H26N4O3/c1-20-19(22-12-14-6-9-18(26-5)21-11-14)23(2)13-15-7-8-16(24-3)10-17(15)25-4/h6-11H,12-13H2,1-5H3,(H,20,22). The molecule has 0 atom stereocenters. The fourth-order valence-corrected chi connectivity index (χ4v) is 2.51. The number of methoxy groups -OCH3 is 3. The zero-order valence-corrected chi connectivity index (χ0v) is 15.9. The van der Waals surface area contributed by atoms with Crippen LogP contribution in [0.15, 0.2) is 41.5 Å². The molecule has 0 amide bonds. The Morgan fingerprint density at radius 2 is 1.92 bits per heavy atom. The molecule has 0 aliphatic rings. The van der Waals surface area contributed by atoms with E-state index in [4.69, 9.17) is 14.2 Å². The number of aromatic nitrogens is 1. The van der Waals surface area contributed by atoms with Gasteiger partial charge in [0.1, 0.15) is 11.5 Å². The minimum Gasteiger partial charge on any atom is -0.497 e. The van der Waals surface area contributed by atoms with Crippen LogP contribution in [0.1, 0.15) is 11.1 Å². The number of guanidine groups is 1. The molecule has 1 aromatic carbocycles. The maximum atomic E-state index is 5.47. The summed E-state index contributed by atoms with van der Waals surface area (Å²) in [6.45, 7) is 1.27. The van der Waals surface area contributed by atoms with Gasteiger partial charge in [0.05, 0.1) is 21.3 Å². The molecule has 7 nitrogen and oxygen atoms in total. The van der Waals surface area contributed by atoms with Crippen molar-refractivity contribution < 1.29 is 14.2 Å². The van der Waals surface area contributed by atoms with Gasteiger partial charge in [-0.1, -0.05) is 6.07 Å². The minimum atomic E-state index is 0.599. The van der Waals surface area contributed by atoms with Crippen molar-refractivity contribution in [3.05, 3.63) is 47.7 Å². The summed E-state index contributed by atoms with van der Waals surface area (Å²) in [6, 6.07) is 9.60. The van der Waals surface area contributed by atoms with Crippen LogP contribution in [-0.2, 0) is 13.1 Å². The molecule has 26 heavy (non-hydrogen) atoms. The highest BCUT2D eigenvalue weighted by atomic mass is 16.5. The zero-order chi connectivity index (χ0) is 18.9. The lowest BCUT2D eigenvalue weighted by atomic mass is 10.2. The highest BCUT2D eigenvalue weighted by Gasteiger charge is 2.11. The van der Waals surface area contributed by atoms with Gasteiger partial charge < -0.3 is 24.4 Å². The number of hydrogen-bond donors (Lipinski definition) is 1. The van der Waals surface area contributed by atoms with E-state index < -0.39 is 0 Å². The first-order chi connectivity index (χ1) is 12.6. The van der Waals surface area contributed by atoms with Crippen molar-refractivity contribution in [3.8, 4) is 17.4 Å². The number of nitrogens with zero attached hydrogens (tertiary/aromatic N) is 3. The van der Waals surface area contributed by atoms with Crippen LogP contribution >= 0.6 is 0 Å². The Kier molecular flexibility index (Phi) is 7.08. The van der Waals surface area contributed by atoms with Gasteiger partial charge in [0.15, 0.2) is 5.96 Å². The molecule has 2 aromatic rings. The molecule has 0 radical (unpaired) electrons. The van der Waals surface area contributed by atoms with E-state index in [1.165, 1.54) is 0 Å². The lowest BCUT2D eigenvalue weighted by Gasteiger charge is -2.23. The van der Waals surface area contributed by atoms with Crippen molar-refractivity contribution in [3.63, 3.8) is 0 Å². The molecule has 2 rings (SSSR count). The van der Waals surface area contributed by atoms with Crippen molar-refractivity contribution in [2.24, 2.45) is 4.99 Å². The van der Waals surface area contributed by atoms with Crippen molar-refractivity contribution in [2.75, 3.05) is 35.4 Å². The smallest absolute Gasteiger partial charge is 0.212 e. The van der Waals surface area contributed by atoms with Crippen LogP contribution < -0.4 is 19.5 Å². The van der Waals surface area contributed by atoms with Gasteiger partial charge in [-0.2, -0.15) is 0 Å². The van der Waals surface area contributed by atoms with Gasteiger partial charge in [0, 0.05) is 51.1 Å². The molecule has 7 heteroatoms. The molecule has 1 heterocycles. The van der Waals surface area contributed by atoms with Gasteiger partial charge in [-0.05, 0) is 17.7 Å². The Balaban J connectivity index is 2.01. The molecule has 0 saturated carbocycles. The molecule has 0 spiro atoms. The molecule has 0 saturated heterocycles. The average molecular weight is 358 g/mol. The Hall–Kier alpha value is -2.96. The van der Waals surface area contributed by atoms with Crippen LogP contribution in [0.5, 0.6) is 17.4 Å².